The van der Waals surface area contributed by atoms with Crippen LogP contribution < -0.4 is 21.3 Å². The maximum absolute atomic E-state index is 12.4. The van der Waals surface area contributed by atoms with Gasteiger partial charge in [0.1, 0.15) is 23.3 Å². The zero-order valence-electron chi connectivity index (χ0n) is 17.8. The molecule has 2 heterocycles. The molecule has 0 bridgehead atoms. The molecule has 3 rings (SSSR count). The monoisotopic (exact) mass is 477 g/mol. The molecule has 0 unspecified atom stereocenters. The van der Waals surface area contributed by atoms with Gasteiger partial charge < -0.3 is 21.3 Å². The number of amides is 2. The normalized spacial score (nSPS) is 11.1. The average Bonchev–Trinajstić information content (AvgIpc) is 2.71. The molecule has 0 atom stereocenters. The number of urea groups is 1. The molecule has 4 N–H and O–H groups in total. The second kappa shape index (κ2) is 10.9. The van der Waals surface area contributed by atoms with Crippen LogP contribution >= 0.6 is 11.8 Å². The highest BCUT2D eigenvalue weighted by Gasteiger charge is 2.29. The number of carbonyl (C=O) groups excluding carboxylic acids is 1. The largest absolute Gasteiger partial charge is 0.446 e. The molecule has 0 radical (unpaired) electrons. The Hall–Kier alpha value is -3.54. The Kier molecular flexibility index (Phi) is 7.93. The molecule has 0 aliphatic heterocycles. The lowest BCUT2D eigenvalue weighted by molar-refractivity contribution is -0.0328. The first-order chi connectivity index (χ1) is 15.7. The Morgan fingerprint density at radius 3 is 2.39 bits per heavy atom. The van der Waals surface area contributed by atoms with Gasteiger partial charge in [0.05, 0.1) is 0 Å². The second-order valence-corrected chi connectivity index (χ2v) is 8.05. The molecular formula is C21H22F3N7OS. The van der Waals surface area contributed by atoms with Crippen molar-refractivity contribution in [2.24, 2.45) is 0 Å². The van der Waals surface area contributed by atoms with Crippen LogP contribution in [0.3, 0.4) is 0 Å². The Morgan fingerprint density at radius 1 is 0.970 bits per heavy atom. The first kappa shape index (κ1) is 24.1. The van der Waals surface area contributed by atoms with E-state index in [1.807, 2.05) is 19.1 Å². The van der Waals surface area contributed by atoms with Gasteiger partial charge in [0, 0.05) is 35.9 Å². The van der Waals surface area contributed by atoms with E-state index in [-0.39, 0.29) is 16.7 Å². The Bertz CT molecular complexity index is 1090. The van der Waals surface area contributed by atoms with Gasteiger partial charge in [-0.1, -0.05) is 0 Å². The summed E-state index contributed by atoms with van der Waals surface area (Å²) in [5, 5.41) is 11.5. The highest BCUT2D eigenvalue weighted by atomic mass is 32.2. The van der Waals surface area contributed by atoms with Crippen LogP contribution in [-0.4, -0.2) is 39.6 Å². The van der Waals surface area contributed by atoms with Crippen LogP contribution in [0.15, 0.2) is 53.6 Å². The number of nitrogens with one attached hydrogen (secondary N) is 4. The van der Waals surface area contributed by atoms with Crippen molar-refractivity contribution in [2.75, 3.05) is 29.0 Å². The molecular weight excluding hydrogens is 455 g/mol. The SMILES string of the molecule is Cc1ccnc(Nc2cc(NCCNC(=O)Nc3ccc(SC(F)(F)F)cc3)nc(C)n2)c1. The zero-order chi connectivity index (χ0) is 23.8. The number of benzene rings is 1. The smallest absolute Gasteiger partial charge is 0.368 e. The number of hydrogen-bond acceptors (Lipinski definition) is 7. The first-order valence-electron chi connectivity index (χ1n) is 9.86. The van der Waals surface area contributed by atoms with E-state index in [0.717, 1.165) is 5.56 Å². The summed E-state index contributed by atoms with van der Waals surface area (Å²) in [7, 11) is 0. The molecule has 33 heavy (non-hydrogen) atoms. The topological polar surface area (TPSA) is 104 Å². The number of aryl methyl sites for hydroxylation is 2. The Balaban J connectivity index is 1.44. The minimum atomic E-state index is -4.35. The van der Waals surface area contributed by atoms with Crippen molar-refractivity contribution >= 4 is 40.9 Å². The lowest BCUT2D eigenvalue weighted by atomic mass is 10.3. The fourth-order valence-electron chi connectivity index (χ4n) is 2.74. The maximum Gasteiger partial charge on any atom is 0.446 e. The number of pyridine rings is 1. The van der Waals surface area contributed by atoms with Crippen molar-refractivity contribution in [1.29, 1.82) is 0 Å². The standard InChI is InChI=1S/C21H22F3N7OS/c1-13-7-8-25-17(11-13)31-19-12-18(28-14(2)29-19)26-9-10-27-20(32)30-15-3-5-16(6-4-15)33-21(22,23)24/h3-8,11-12H,9-10H2,1-2H3,(H2,27,30,32)(H2,25,26,28,29,31). The number of aromatic nitrogens is 3. The summed E-state index contributed by atoms with van der Waals surface area (Å²) in [6, 6.07) is 10.5. The molecule has 0 saturated carbocycles. The lowest BCUT2D eigenvalue weighted by Gasteiger charge is -2.11. The summed E-state index contributed by atoms with van der Waals surface area (Å²) in [4.78, 5) is 25.0. The average molecular weight is 478 g/mol. The number of carbonyl (C=O) groups is 1. The van der Waals surface area contributed by atoms with Gasteiger partial charge in [-0.05, 0) is 67.6 Å². The van der Waals surface area contributed by atoms with Crippen molar-refractivity contribution < 1.29 is 18.0 Å². The van der Waals surface area contributed by atoms with Gasteiger partial charge in [0.2, 0.25) is 0 Å². The minimum absolute atomic E-state index is 0.0461. The van der Waals surface area contributed by atoms with Crippen molar-refractivity contribution in [3.8, 4) is 0 Å². The molecule has 0 fully saturated rings. The molecule has 1 aromatic carbocycles. The van der Waals surface area contributed by atoms with Crippen LogP contribution in [-0.2, 0) is 0 Å². The van der Waals surface area contributed by atoms with Crippen LogP contribution in [0.25, 0.3) is 0 Å². The molecule has 0 spiro atoms. The van der Waals surface area contributed by atoms with E-state index in [9.17, 15) is 18.0 Å². The fourth-order valence-corrected chi connectivity index (χ4v) is 3.28. The minimum Gasteiger partial charge on any atom is -0.368 e. The Morgan fingerprint density at radius 2 is 1.70 bits per heavy atom. The Labute approximate surface area is 192 Å². The number of alkyl halides is 3. The second-order valence-electron chi connectivity index (χ2n) is 6.91. The quantitative estimate of drug-likeness (QED) is 0.265. The van der Waals surface area contributed by atoms with Crippen LogP contribution in [0.5, 0.6) is 0 Å². The number of thioether (sulfide) groups is 1. The molecule has 12 heteroatoms. The molecule has 2 amide bonds. The van der Waals surface area contributed by atoms with Gasteiger partial charge in [-0.3, -0.25) is 0 Å². The first-order valence-corrected chi connectivity index (χ1v) is 10.7. The third-order valence-electron chi connectivity index (χ3n) is 4.07. The van der Waals surface area contributed by atoms with E-state index >= 15 is 0 Å². The molecule has 8 nitrogen and oxygen atoms in total. The zero-order valence-corrected chi connectivity index (χ0v) is 18.6. The van der Waals surface area contributed by atoms with E-state index in [0.29, 0.717) is 42.1 Å². The molecule has 2 aromatic heterocycles. The summed E-state index contributed by atoms with van der Waals surface area (Å²) in [5.74, 6) is 2.40. The predicted molar refractivity (Wildman–Crippen MR) is 123 cm³/mol. The number of nitrogens with zero attached hydrogens (tertiary/aromatic N) is 3. The number of hydrogen-bond donors (Lipinski definition) is 4. The van der Waals surface area contributed by atoms with Gasteiger partial charge in [-0.2, -0.15) is 13.2 Å². The lowest BCUT2D eigenvalue weighted by Crippen LogP contribution is -2.32. The molecule has 0 aliphatic carbocycles. The van der Waals surface area contributed by atoms with Gasteiger partial charge in [0.25, 0.3) is 0 Å². The predicted octanol–water partition coefficient (Wildman–Crippen LogP) is 5.08. The van der Waals surface area contributed by atoms with Crippen molar-refractivity contribution in [3.05, 3.63) is 60.0 Å². The van der Waals surface area contributed by atoms with Gasteiger partial charge in [-0.25, -0.2) is 19.7 Å². The van der Waals surface area contributed by atoms with Crippen LogP contribution in [0.4, 0.5) is 41.1 Å². The summed E-state index contributed by atoms with van der Waals surface area (Å²) in [6.45, 7) is 4.42. The highest BCUT2D eigenvalue weighted by Crippen LogP contribution is 2.37. The van der Waals surface area contributed by atoms with Crippen LogP contribution in [0, 0.1) is 13.8 Å². The van der Waals surface area contributed by atoms with Crippen molar-refractivity contribution in [3.63, 3.8) is 0 Å². The van der Waals surface area contributed by atoms with E-state index in [4.69, 9.17) is 0 Å². The maximum atomic E-state index is 12.4. The van der Waals surface area contributed by atoms with Crippen LogP contribution in [0.2, 0.25) is 0 Å². The van der Waals surface area contributed by atoms with Gasteiger partial charge in [-0.15, -0.1) is 0 Å². The van der Waals surface area contributed by atoms with Crippen LogP contribution in [0.1, 0.15) is 11.4 Å². The van der Waals surface area contributed by atoms with E-state index in [1.165, 1.54) is 24.3 Å². The molecule has 0 saturated heterocycles. The summed E-state index contributed by atoms with van der Waals surface area (Å²) in [6.07, 6.45) is 1.71. The van der Waals surface area contributed by atoms with Crippen molar-refractivity contribution in [2.45, 2.75) is 24.3 Å². The summed E-state index contributed by atoms with van der Waals surface area (Å²) >= 11 is -0.209. The van der Waals surface area contributed by atoms with Crippen molar-refractivity contribution in [1.82, 2.24) is 20.3 Å². The highest BCUT2D eigenvalue weighted by molar-refractivity contribution is 8.00. The molecule has 3 aromatic rings. The van der Waals surface area contributed by atoms with Gasteiger partial charge >= 0.3 is 11.5 Å². The number of anilines is 4. The number of rotatable bonds is 8. The van der Waals surface area contributed by atoms with E-state index in [2.05, 4.69) is 36.2 Å². The third kappa shape index (κ3) is 8.48. The van der Waals surface area contributed by atoms with E-state index < -0.39 is 11.5 Å². The van der Waals surface area contributed by atoms with Gasteiger partial charge in [0.15, 0.2) is 0 Å². The summed E-state index contributed by atoms with van der Waals surface area (Å²) < 4.78 is 37.1. The van der Waals surface area contributed by atoms with E-state index in [1.54, 1.807) is 19.2 Å². The molecule has 174 valence electrons. The molecule has 0 aliphatic rings. The summed E-state index contributed by atoms with van der Waals surface area (Å²) in [5.41, 5.74) is -2.90. The fraction of sp³-hybridized carbons (Fsp3) is 0.238. The third-order valence-corrected chi connectivity index (χ3v) is 4.81. The number of halogens is 3.